The fraction of sp³-hybridized carbons (Fsp3) is 0.0370. The molecule has 1 aliphatic heterocycles. The summed E-state index contributed by atoms with van der Waals surface area (Å²) < 4.78 is 11.9. The number of ether oxygens (including phenoxy) is 1. The molecule has 0 spiro atoms. The number of para-hydroxylation sites is 2. The van der Waals surface area contributed by atoms with Crippen LogP contribution in [-0.2, 0) is 0 Å². The van der Waals surface area contributed by atoms with Gasteiger partial charge < -0.3 is 9.15 Å². The van der Waals surface area contributed by atoms with Crippen LogP contribution >= 0.6 is 0 Å². The molecule has 1 amide bonds. The molecule has 7 heteroatoms. The number of amides is 1. The van der Waals surface area contributed by atoms with Gasteiger partial charge in [-0.1, -0.05) is 42.5 Å². The van der Waals surface area contributed by atoms with Crippen LogP contribution in [0.1, 0.15) is 27.7 Å². The van der Waals surface area contributed by atoms with E-state index in [1.807, 2.05) is 54.6 Å². The molecule has 0 saturated carbocycles. The Morgan fingerprint density at radius 1 is 0.794 bits per heavy atom. The van der Waals surface area contributed by atoms with Gasteiger partial charge in [0.05, 0.1) is 17.0 Å². The van der Waals surface area contributed by atoms with E-state index in [0.717, 1.165) is 0 Å². The van der Waals surface area contributed by atoms with Crippen LogP contribution in [0.4, 0.5) is 5.95 Å². The monoisotopic (exact) mass is 447 g/mol. The first-order valence-corrected chi connectivity index (χ1v) is 10.7. The molecule has 1 atom stereocenters. The number of benzene rings is 3. The van der Waals surface area contributed by atoms with E-state index < -0.39 is 11.9 Å². The topological polar surface area (TPSA) is 85.5 Å². The summed E-state index contributed by atoms with van der Waals surface area (Å²) in [6, 6.07) is 24.5. The molecular formula is C27H17N3O4. The van der Waals surface area contributed by atoms with Crippen molar-refractivity contribution in [1.29, 1.82) is 0 Å². The number of nitrogens with zero attached hydrogens (tertiary/aromatic N) is 3. The van der Waals surface area contributed by atoms with Gasteiger partial charge in [-0.15, -0.1) is 0 Å². The minimum Gasteiger partial charge on any atom is -0.457 e. The fourth-order valence-electron chi connectivity index (χ4n) is 4.23. The first-order valence-electron chi connectivity index (χ1n) is 10.7. The molecule has 6 rings (SSSR count). The van der Waals surface area contributed by atoms with Crippen LogP contribution in [0, 0.1) is 0 Å². The van der Waals surface area contributed by atoms with E-state index in [2.05, 4.69) is 9.97 Å². The summed E-state index contributed by atoms with van der Waals surface area (Å²) in [6.07, 6.45) is 3.10. The second-order valence-electron chi connectivity index (χ2n) is 7.78. The predicted octanol–water partition coefficient (Wildman–Crippen LogP) is 5.13. The van der Waals surface area contributed by atoms with Crippen molar-refractivity contribution in [3.05, 3.63) is 124 Å². The Hall–Kier alpha value is -4.78. The number of rotatable bonds is 4. The minimum atomic E-state index is -0.773. The lowest BCUT2D eigenvalue weighted by Gasteiger charge is -2.23. The lowest BCUT2D eigenvalue weighted by atomic mass is 9.98. The first kappa shape index (κ1) is 19.9. The van der Waals surface area contributed by atoms with Crippen molar-refractivity contribution in [3.63, 3.8) is 0 Å². The predicted molar refractivity (Wildman–Crippen MR) is 126 cm³/mol. The average molecular weight is 447 g/mol. The highest BCUT2D eigenvalue weighted by atomic mass is 16.5. The van der Waals surface area contributed by atoms with Crippen molar-refractivity contribution in [2.24, 2.45) is 0 Å². The number of hydrogen-bond donors (Lipinski definition) is 0. The lowest BCUT2D eigenvalue weighted by molar-refractivity contribution is 0.0969. The fourth-order valence-corrected chi connectivity index (χ4v) is 4.23. The van der Waals surface area contributed by atoms with Crippen molar-refractivity contribution >= 4 is 22.8 Å². The standard InChI is InChI=1S/C27H17N3O4/c31-24-20-12-4-5-13-21(20)34-25-22(24)23(30(26(25)32)27-28-14-7-15-29-27)17-8-6-11-19(16-17)33-18-9-2-1-3-10-18/h1-16,23H/t23-/m1/s1. The summed E-state index contributed by atoms with van der Waals surface area (Å²) in [6.45, 7) is 0. The van der Waals surface area contributed by atoms with E-state index in [-0.39, 0.29) is 22.7 Å². The van der Waals surface area contributed by atoms with Crippen molar-refractivity contribution in [2.45, 2.75) is 6.04 Å². The third-order valence-electron chi connectivity index (χ3n) is 5.70. The van der Waals surface area contributed by atoms with Crippen molar-refractivity contribution in [3.8, 4) is 11.5 Å². The average Bonchev–Trinajstić information content (AvgIpc) is 3.18. The molecule has 3 aromatic carbocycles. The summed E-state index contributed by atoms with van der Waals surface area (Å²) in [4.78, 5) is 37.1. The largest absolute Gasteiger partial charge is 0.457 e. The smallest absolute Gasteiger partial charge is 0.297 e. The van der Waals surface area contributed by atoms with E-state index in [4.69, 9.17) is 9.15 Å². The zero-order chi connectivity index (χ0) is 23.1. The second kappa shape index (κ2) is 7.97. The quantitative estimate of drug-likeness (QED) is 0.380. The third kappa shape index (κ3) is 3.22. The highest BCUT2D eigenvalue weighted by molar-refractivity contribution is 6.09. The van der Waals surface area contributed by atoms with Gasteiger partial charge in [-0.25, -0.2) is 9.97 Å². The molecule has 1 aliphatic rings. The Balaban J connectivity index is 1.55. The van der Waals surface area contributed by atoms with Gasteiger partial charge in [0.2, 0.25) is 11.7 Å². The molecule has 0 fully saturated rings. The second-order valence-corrected chi connectivity index (χ2v) is 7.78. The van der Waals surface area contributed by atoms with E-state index in [0.29, 0.717) is 28.0 Å². The van der Waals surface area contributed by atoms with Crippen LogP contribution in [0.2, 0.25) is 0 Å². The Kier molecular flexibility index (Phi) is 4.66. The van der Waals surface area contributed by atoms with Crippen LogP contribution in [0.5, 0.6) is 11.5 Å². The summed E-state index contributed by atoms with van der Waals surface area (Å²) >= 11 is 0. The number of fused-ring (bicyclic) bond motifs is 2. The van der Waals surface area contributed by atoms with Crippen LogP contribution in [0.15, 0.2) is 107 Å². The molecule has 0 unspecified atom stereocenters. The molecule has 0 radical (unpaired) electrons. The van der Waals surface area contributed by atoms with Gasteiger partial charge in [0, 0.05) is 12.4 Å². The highest BCUT2D eigenvalue weighted by Crippen LogP contribution is 2.40. The molecule has 0 saturated heterocycles. The summed E-state index contributed by atoms with van der Waals surface area (Å²) in [7, 11) is 0. The number of anilines is 1. The zero-order valence-corrected chi connectivity index (χ0v) is 17.8. The zero-order valence-electron chi connectivity index (χ0n) is 17.8. The lowest BCUT2D eigenvalue weighted by Crippen LogP contribution is -2.31. The maximum Gasteiger partial charge on any atom is 0.297 e. The normalized spacial score (nSPS) is 14.9. The SMILES string of the molecule is O=C1c2oc3ccccc3c(=O)c2[C@@H](c2cccc(Oc3ccccc3)c2)N1c1ncccn1. The molecule has 0 bridgehead atoms. The van der Waals surface area contributed by atoms with Crippen LogP contribution in [0.25, 0.3) is 11.0 Å². The Morgan fingerprint density at radius 2 is 1.53 bits per heavy atom. The molecule has 3 heterocycles. The van der Waals surface area contributed by atoms with Crippen molar-refractivity contribution in [1.82, 2.24) is 9.97 Å². The molecule has 7 nitrogen and oxygen atoms in total. The van der Waals surface area contributed by atoms with Crippen LogP contribution in [0.3, 0.4) is 0 Å². The molecule has 2 aromatic heterocycles. The Labute approximate surface area is 193 Å². The van der Waals surface area contributed by atoms with E-state index >= 15 is 0 Å². The summed E-state index contributed by atoms with van der Waals surface area (Å²) in [5.74, 6) is 0.959. The maximum atomic E-state index is 13.6. The number of carbonyl (C=O) groups excluding carboxylic acids is 1. The maximum absolute atomic E-state index is 13.6. The van der Waals surface area contributed by atoms with Gasteiger partial charge in [-0.3, -0.25) is 14.5 Å². The molecule has 0 aliphatic carbocycles. The Bertz CT molecular complexity index is 1580. The first-order chi connectivity index (χ1) is 16.7. The van der Waals surface area contributed by atoms with Gasteiger partial charge in [0.15, 0.2) is 5.43 Å². The number of hydrogen-bond acceptors (Lipinski definition) is 6. The third-order valence-corrected chi connectivity index (χ3v) is 5.70. The Morgan fingerprint density at radius 3 is 2.35 bits per heavy atom. The summed E-state index contributed by atoms with van der Waals surface area (Å²) in [5, 5.41) is 0.409. The molecule has 5 aromatic rings. The van der Waals surface area contributed by atoms with E-state index in [1.54, 1.807) is 42.7 Å². The van der Waals surface area contributed by atoms with Gasteiger partial charge in [-0.2, -0.15) is 0 Å². The van der Waals surface area contributed by atoms with E-state index in [1.165, 1.54) is 4.90 Å². The van der Waals surface area contributed by atoms with Crippen LogP contribution < -0.4 is 15.1 Å². The van der Waals surface area contributed by atoms with Gasteiger partial charge in [0.25, 0.3) is 5.91 Å². The number of carbonyl (C=O) groups is 1. The minimum absolute atomic E-state index is 0.00414. The van der Waals surface area contributed by atoms with Gasteiger partial charge >= 0.3 is 0 Å². The molecular weight excluding hydrogens is 430 g/mol. The van der Waals surface area contributed by atoms with E-state index in [9.17, 15) is 9.59 Å². The van der Waals surface area contributed by atoms with Crippen molar-refractivity contribution in [2.75, 3.05) is 4.90 Å². The summed E-state index contributed by atoms with van der Waals surface area (Å²) in [5.41, 5.74) is 1.03. The molecule has 0 N–H and O–H groups in total. The number of aromatic nitrogens is 2. The highest BCUT2D eigenvalue weighted by Gasteiger charge is 2.45. The van der Waals surface area contributed by atoms with Crippen molar-refractivity contribution < 1.29 is 13.9 Å². The molecule has 34 heavy (non-hydrogen) atoms. The molecule has 164 valence electrons. The van der Waals surface area contributed by atoms with Crippen LogP contribution in [-0.4, -0.2) is 15.9 Å². The van der Waals surface area contributed by atoms with Gasteiger partial charge in [-0.05, 0) is 48.0 Å². The van der Waals surface area contributed by atoms with Gasteiger partial charge in [0.1, 0.15) is 17.1 Å².